The molecule has 0 spiro atoms. The molecule has 1 aliphatic heterocycles. The van der Waals surface area contributed by atoms with Crippen molar-refractivity contribution in [3.8, 4) is 0 Å². The van der Waals surface area contributed by atoms with Gasteiger partial charge >= 0.3 is 6.03 Å². The van der Waals surface area contributed by atoms with E-state index < -0.39 is 0 Å². The van der Waals surface area contributed by atoms with Crippen LogP contribution in [0.15, 0.2) is 18.2 Å². The summed E-state index contributed by atoms with van der Waals surface area (Å²) >= 11 is 0. The highest BCUT2D eigenvalue weighted by Gasteiger charge is 2.24. The van der Waals surface area contributed by atoms with Gasteiger partial charge in [0.05, 0.1) is 0 Å². The molecule has 0 atom stereocenters. The predicted molar refractivity (Wildman–Crippen MR) is 73.3 cm³/mol. The number of nitrogens with zero attached hydrogens (tertiary/aromatic N) is 2. The van der Waals surface area contributed by atoms with Crippen LogP contribution in [0.2, 0.25) is 0 Å². The van der Waals surface area contributed by atoms with Crippen molar-refractivity contribution in [3.05, 3.63) is 29.3 Å². The third-order valence-electron chi connectivity index (χ3n) is 3.61. The van der Waals surface area contributed by atoms with Crippen LogP contribution < -0.4 is 5.73 Å². The summed E-state index contributed by atoms with van der Waals surface area (Å²) in [5, 5.41) is 0. The smallest absolute Gasteiger partial charge is 0.320 e. The fraction of sp³-hybridized carbons (Fsp3) is 0.500. The van der Waals surface area contributed by atoms with Crippen molar-refractivity contribution in [1.82, 2.24) is 9.80 Å². The first-order valence-electron chi connectivity index (χ1n) is 6.57. The van der Waals surface area contributed by atoms with Crippen LogP contribution in [-0.4, -0.2) is 35.5 Å². The monoisotopic (exact) mass is 247 g/mol. The molecule has 0 aromatic heterocycles. The fourth-order valence-electron chi connectivity index (χ4n) is 2.50. The summed E-state index contributed by atoms with van der Waals surface area (Å²) in [5.41, 5.74) is 9.20. The summed E-state index contributed by atoms with van der Waals surface area (Å²) < 4.78 is 0. The molecule has 0 aliphatic carbocycles. The van der Waals surface area contributed by atoms with Crippen LogP contribution in [0, 0.1) is 0 Å². The molecule has 4 heteroatoms. The second-order valence-electron chi connectivity index (χ2n) is 4.61. The number of carbonyl (C=O) groups is 1. The van der Waals surface area contributed by atoms with Gasteiger partial charge in [0.15, 0.2) is 0 Å². The number of rotatable bonds is 2. The first-order chi connectivity index (χ1) is 8.67. The van der Waals surface area contributed by atoms with E-state index in [-0.39, 0.29) is 6.03 Å². The van der Waals surface area contributed by atoms with Crippen LogP contribution in [0.4, 0.5) is 10.5 Å². The second kappa shape index (κ2) is 5.29. The van der Waals surface area contributed by atoms with Crippen LogP contribution in [0.5, 0.6) is 0 Å². The van der Waals surface area contributed by atoms with E-state index in [0.29, 0.717) is 6.54 Å². The quantitative estimate of drug-likeness (QED) is 0.813. The summed E-state index contributed by atoms with van der Waals surface area (Å²) in [6.07, 6.45) is 0.856. The van der Waals surface area contributed by atoms with Crippen molar-refractivity contribution >= 4 is 11.7 Å². The molecule has 1 aliphatic rings. The van der Waals surface area contributed by atoms with Crippen LogP contribution in [0.3, 0.4) is 0 Å². The van der Waals surface area contributed by atoms with Crippen molar-refractivity contribution in [2.45, 2.75) is 26.8 Å². The Balaban J connectivity index is 2.15. The van der Waals surface area contributed by atoms with Crippen LogP contribution in [0.25, 0.3) is 0 Å². The normalized spacial score (nSPS) is 14.2. The molecular formula is C14H21N3O. The van der Waals surface area contributed by atoms with Gasteiger partial charge in [-0.05, 0) is 37.5 Å². The predicted octanol–water partition coefficient (Wildman–Crippen LogP) is 2.09. The van der Waals surface area contributed by atoms with E-state index >= 15 is 0 Å². The maximum absolute atomic E-state index is 12.3. The Hall–Kier alpha value is -1.71. The maximum Gasteiger partial charge on any atom is 0.320 e. The molecule has 2 N–H and O–H groups in total. The summed E-state index contributed by atoms with van der Waals surface area (Å²) in [6.45, 7) is 6.98. The first kappa shape index (κ1) is 12.7. The molecule has 4 nitrogen and oxygen atoms in total. The molecule has 18 heavy (non-hydrogen) atoms. The first-order valence-corrected chi connectivity index (χ1v) is 6.57. The van der Waals surface area contributed by atoms with E-state index in [4.69, 9.17) is 5.73 Å². The van der Waals surface area contributed by atoms with Gasteiger partial charge in [0.1, 0.15) is 0 Å². The minimum absolute atomic E-state index is 0.132. The Labute approximate surface area is 108 Å². The lowest BCUT2D eigenvalue weighted by atomic mass is 9.98. The Bertz CT molecular complexity index is 441. The molecule has 1 heterocycles. The van der Waals surface area contributed by atoms with Crippen LogP contribution in [-0.2, 0) is 13.0 Å². The van der Waals surface area contributed by atoms with Gasteiger partial charge in [0.25, 0.3) is 0 Å². The third kappa shape index (κ3) is 2.28. The van der Waals surface area contributed by atoms with E-state index in [0.717, 1.165) is 31.7 Å². The van der Waals surface area contributed by atoms with Gasteiger partial charge in [0.2, 0.25) is 0 Å². The molecule has 0 saturated heterocycles. The van der Waals surface area contributed by atoms with Crippen LogP contribution in [0.1, 0.15) is 25.0 Å². The van der Waals surface area contributed by atoms with Gasteiger partial charge in [-0.2, -0.15) is 0 Å². The minimum atomic E-state index is 0.132. The average Bonchev–Trinajstić information content (AvgIpc) is 2.40. The van der Waals surface area contributed by atoms with E-state index in [9.17, 15) is 4.79 Å². The molecule has 0 saturated carbocycles. The molecule has 1 aromatic rings. The van der Waals surface area contributed by atoms with Gasteiger partial charge < -0.3 is 15.5 Å². The number of benzene rings is 1. The fourth-order valence-corrected chi connectivity index (χ4v) is 2.50. The summed E-state index contributed by atoms with van der Waals surface area (Å²) in [4.78, 5) is 16.0. The molecule has 2 amide bonds. The van der Waals surface area contributed by atoms with E-state index in [1.165, 1.54) is 11.1 Å². The number of hydrogen-bond acceptors (Lipinski definition) is 2. The van der Waals surface area contributed by atoms with Crippen molar-refractivity contribution in [2.75, 3.05) is 25.4 Å². The lowest BCUT2D eigenvalue weighted by Gasteiger charge is -2.33. The van der Waals surface area contributed by atoms with Gasteiger partial charge in [-0.1, -0.05) is 12.1 Å². The number of nitrogens with two attached hydrogens (primary N) is 1. The summed E-state index contributed by atoms with van der Waals surface area (Å²) in [5.74, 6) is 0. The lowest BCUT2D eigenvalue weighted by molar-refractivity contribution is 0.152. The number of hydrogen-bond donors (Lipinski definition) is 1. The van der Waals surface area contributed by atoms with Crippen molar-refractivity contribution < 1.29 is 4.79 Å². The number of amides is 2. The molecular weight excluding hydrogens is 226 g/mol. The molecule has 2 rings (SSSR count). The zero-order chi connectivity index (χ0) is 13.1. The number of anilines is 1. The number of nitrogen functional groups attached to an aromatic ring is 1. The highest BCUT2D eigenvalue weighted by atomic mass is 16.2. The number of carbonyl (C=O) groups excluding carboxylic acids is 1. The lowest BCUT2D eigenvalue weighted by Crippen LogP contribution is -2.45. The zero-order valence-electron chi connectivity index (χ0n) is 11.1. The Morgan fingerprint density at radius 2 is 2.11 bits per heavy atom. The minimum Gasteiger partial charge on any atom is -0.398 e. The zero-order valence-corrected chi connectivity index (χ0v) is 11.1. The van der Waals surface area contributed by atoms with E-state index in [1.54, 1.807) is 0 Å². The molecule has 0 unspecified atom stereocenters. The average molecular weight is 247 g/mol. The molecule has 98 valence electrons. The van der Waals surface area contributed by atoms with Gasteiger partial charge in [-0.15, -0.1) is 0 Å². The highest BCUT2D eigenvalue weighted by molar-refractivity contribution is 5.75. The van der Waals surface area contributed by atoms with Gasteiger partial charge in [0, 0.05) is 31.9 Å². The molecule has 1 aromatic carbocycles. The second-order valence-corrected chi connectivity index (χ2v) is 4.61. The Kier molecular flexibility index (Phi) is 3.75. The van der Waals surface area contributed by atoms with Crippen molar-refractivity contribution in [1.29, 1.82) is 0 Å². The van der Waals surface area contributed by atoms with Gasteiger partial charge in [-0.25, -0.2) is 4.79 Å². The van der Waals surface area contributed by atoms with E-state index in [2.05, 4.69) is 6.07 Å². The largest absolute Gasteiger partial charge is 0.398 e. The van der Waals surface area contributed by atoms with E-state index in [1.807, 2.05) is 35.8 Å². The maximum atomic E-state index is 12.3. The van der Waals surface area contributed by atoms with Crippen molar-refractivity contribution in [2.24, 2.45) is 0 Å². The molecule has 0 bridgehead atoms. The number of urea groups is 1. The SMILES string of the molecule is CCN(CC)C(=O)N1CCc2c(N)cccc2C1. The van der Waals surface area contributed by atoms with Crippen molar-refractivity contribution in [3.63, 3.8) is 0 Å². The molecule has 0 radical (unpaired) electrons. The Morgan fingerprint density at radius 3 is 2.78 bits per heavy atom. The standard InChI is InChI=1S/C14H21N3O/c1-3-16(4-2)14(18)17-9-8-12-11(10-17)6-5-7-13(12)15/h5-7H,3-4,8-10,15H2,1-2H3. The summed E-state index contributed by atoms with van der Waals surface area (Å²) in [6, 6.07) is 6.08. The molecule has 0 fully saturated rings. The highest BCUT2D eigenvalue weighted by Crippen LogP contribution is 2.24. The van der Waals surface area contributed by atoms with Gasteiger partial charge in [-0.3, -0.25) is 0 Å². The Morgan fingerprint density at radius 1 is 1.39 bits per heavy atom. The number of fused-ring (bicyclic) bond motifs is 1. The third-order valence-corrected chi connectivity index (χ3v) is 3.61. The topological polar surface area (TPSA) is 49.6 Å². The summed E-state index contributed by atoms with van der Waals surface area (Å²) in [7, 11) is 0. The van der Waals surface area contributed by atoms with Crippen LogP contribution >= 0.6 is 0 Å².